The van der Waals surface area contributed by atoms with Gasteiger partial charge in [-0.3, -0.25) is 9.59 Å². The van der Waals surface area contributed by atoms with Crippen LogP contribution in [0.15, 0.2) is 71.4 Å². The third kappa shape index (κ3) is 14.2. The molecule has 41 heavy (non-hydrogen) atoms. The zero-order valence-electron chi connectivity index (χ0n) is 26.1. The fourth-order valence-electron chi connectivity index (χ4n) is 4.87. The van der Waals surface area contributed by atoms with Gasteiger partial charge in [0.1, 0.15) is 11.9 Å². The SMILES string of the molecule is CC(=C/C(C)C/C=C/C(C)=C/[C@@H](C)C(=O)[C@@H](C)C(O)C(C)C/C(C)=C/C(=O)NCCS)/C=C/[C@@H]1OC(=O)C=C[C@@H]1C. The Labute approximate surface area is 253 Å². The minimum atomic E-state index is -0.798. The molecule has 0 fully saturated rings. The molecule has 6 nitrogen and oxygen atoms in total. The maximum Gasteiger partial charge on any atom is 0.331 e. The average molecular weight is 586 g/mol. The van der Waals surface area contributed by atoms with E-state index < -0.39 is 12.0 Å². The Balaban J connectivity index is 2.62. The highest BCUT2D eigenvalue weighted by Gasteiger charge is 2.29. The molecule has 0 saturated heterocycles. The van der Waals surface area contributed by atoms with Gasteiger partial charge < -0.3 is 15.2 Å². The number of hydrogen-bond acceptors (Lipinski definition) is 6. The van der Waals surface area contributed by atoms with Crippen LogP contribution in [0.1, 0.15) is 68.2 Å². The Morgan fingerprint density at radius 2 is 1.76 bits per heavy atom. The first-order chi connectivity index (χ1) is 19.2. The van der Waals surface area contributed by atoms with Crippen LogP contribution in [-0.2, 0) is 19.1 Å². The predicted molar refractivity (Wildman–Crippen MR) is 172 cm³/mol. The largest absolute Gasteiger partial charge is 0.454 e. The number of thiol groups is 1. The van der Waals surface area contributed by atoms with Gasteiger partial charge in [0, 0.05) is 42.2 Å². The number of cyclic esters (lactones) is 1. The van der Waals surface area contributed by atoms with Crippen molar-refractivity contribution in [3.05, 3.63) is 71.4 Å². The summed E-state index contributed by atoms with van der Waals surface area (Å²) in [4.78, 5) is 36.4. The minimum absolute atomic E-state index is 0.00239. The lowest BCUT2D eigenvalue weighted by molar-refractivity contribution is -0.143. The van der Waals surface area contributed by atoms with Gasteiger partial charge in [0.25, 0.3) is 0 Å². The molecule has 2 N–H and O–H groups in total. The van der Waals surface area contributed by atoms with Crippen molar-refractivity contribution in [2.75, 3.05) is 12.3 Å². The van der Waals surface area contributed by atoms with E-state index in [1.165, 1.54) is 6.08 Å². The summed E-state index contributed by atoms with van der Waals surface area (Å²) in [6.07, 6.45) is 17.5. The van der Waals surface area contributed by atoms with Crippen LogP contribution in [0.5, 0.6) is 0 Å². The molecular weight excluding hydrogens is 534 g/mol. The van der Waals surface area contributed by atoms with E-state index in [1.54, 1.807) is 13.0 Å². The van der Waals surface area contributed by atoms with Crippen LogP contribution in [0.3, 0.4) is 0 Å². The summed E-state index contributed by atoms with van der Waals surface area (Å²) in [5, 5.41) is 13.6. The highest BCUT2D eigenvalue weighted by atomic mass is 32.1. The minimum Gasteiger partial charge on any atom is -0.454 e. The smallest absolute Gasteiger partial charge is 0.331 e. The fraction of sp³-hybridized carbons (Fsp3) is 0.559. The Morgan fingerprint density at radius 3 is 2.41 bits per heavy atom. The molecule has 1 aliphatic rings. The van der Waals surface area contributed by atoms with Gasteiger partial charge in [0.2, 0.25) is 5.91 Å². The van der Waals surface area contributed by atoms with E-state index in [-0.39, 0.29) is 41.5 Å². The van der Waals surface area contributed by atoms with Crippen LogP contribution < -0.4 is 5.32 Å². The molecule has 228 valence electrons. The molecule has 0 aromatic carbocycles. The fourth-order valence-corrected chi connectivity index (χ4v) is 4.98. The number of hydrogen-bond donors (Lipinski definition) is 3. The van der Waals surface area contributed by atoms with Gasteiger partial charge in [0.15, 0.2) is 0 Å². The van der Waals surface area contributed by atoms with Gasteiger partial charge in [-0.05, 0) is 51.5 Å². The second-order valence-electron chi connectivity index (χ2n) is 11.6. The van der Waals surface area contributed by atoms with Crippen LogP contribution in [-0.4, -0.2) is 47.3 Å². The first-order valence-corrected chi connectivity index (χ1v) is 15.3. The van der Waals surface area contributed by atoms with Crippen molar-refractivity contribution >= 4 is 30.3 Å². The Morgan fingerprint density at radius 1 is 1.10 bits per heavy atom. The number of ether oxygens (including phenoxy) is 1. The number of esters is 1. The van der Waals surface area contributed by atoms with Crippen LogP contribution in [0.4, 0.5) is 0 Å². The maximum atomic E-state index is 13.1. The molecule has 0 spiro atoms. The van der Waals surface area contributed by atoms with E-state index in [0.29, 0.717) is 24.6 Å². The predicted octanol–water partition coefficient (Wildman–Crippen LogP) is 6.36. The van der Waals surface area contributed by atoms with Crippen molar-refractivity contribution in [1.82, 2.24) is 5.32 Å². The number of aliphatic hydroxyl groups is 1. The van der Waals surface area contributed by atoms with E-state index in [9.17, 15) is 19.5 Å². The second kappa shape index (κ2) is 18.7. The summed E-state index contributed by atoms with van der Waals surface area (Å²) >= 11 is 4.08. The van der Waals surface area contributed by atoms with Crippen molar-refractivity contribution < 1.29 is 24.2 Å². The third-order valence-electron chi connectivity index (χ3n) is 7.23. The summed E-state index contributed by atoms with van der Waals surface area (Å²) in [6.45, 7) is 16.1. The molecule has 1 amide bonds. The molecule has 1 aliphatic heterocycles. The summed E-state index contributed by atoms with van der Waals surface area (Å²) in [6, 6.07) is 0. The van der Waals surface area contributed by atoms with Crippen molar-refractivity contribution in [2.45, 2.75) is 80.4 Å². The molecule has 1 heterocycles. The van der Waals surface area contributed by atoms with Gasteiger partial charge >= 0.3 is 5.97 Å². The molecule has 1 rings (SSSR count). The molecular formula is C34H51NO5S. The van der Waals surface area contributed by atoms with Crippen molar-refractivity contribution in [3.63, 3.8) is 0 Å². The number of nitrogens with one attached hydrogen (secondary N) is 1. The van der Waals surface area contributed by atoms with Gasteiger partial charge in [-0.25, -0.2) is 4.79 Å². The number of ketones is 1. The summed E-state index contributed by atoms with van der Waals surface area (Å²) in [5.74, 6) is -0.428. The van der Waals surface area contributed by atoms with Gasteiger partial charge in [-0.2, -0.15) is 12.6 Å². The quantitative estimate of drug-likeness (QED) is 0.0849. The van der Waals surface area contributed by atoms with Crippen LogP contribution in [0, 0.1) is 29.6 Å². The Hall–Kier alpha value is -2.64. The van der Waals surface area contributed by atoms with E-state index in [2.05, 4.69) is 37.0 Å². The van der Waals surface area contributed by atoms with Crippen LogP contribution in [0.25, 0.3) is 0 Å². The highest BCUT2D eigenvalue weighted by molar-refractivity contribution is 7.80. The molecule has 0 saturated carbocycles. The molecule has 7 heteroatoms. The van der Waals surface area contributed by atoms with E-state index in [4.69, 9.17) is 4.74 Å². The topological polar surface area (TPSA) is 92.7 Å². The monoisotopic (exact) mass is 585 g/mol. The number of Topliss-reactive ketones (excluding diaryl/α,β-unsaturated/α-hetero) is 1. The molecule has 0 radical (unpaired) electrons. The maximum absolute atomic E-state index is 13.1. The number of allylic oxidation sites excluding steroid dienone is 8. The second-order valence-corrected chi connectivity index (χ2v) is 12.0. The lowest BCUT2D eigenvalue weighted by atomic mass is 9.83. The lowest BCUT2D eigenvalue weighted by Gasteiger charge is -2.25. The van der Waals surface area contributed by atoms with Gasteiger partial charge in [-0.1, -0.05) is 87.8 Å². The average Bonchev–Trinajstić information content (AvgIpc) is 2.90. The third-order valence-corrected chi connectivity index (χ3v) is 7.45. The molecule has 0 aliphatic carbocycles. The highest BCUT2D eigenvalue weighted by Crippen LogP contribution is 2.24. The van der Waals surface area contributed by atoms with Crippen molar-refractivity contribution in [1.29, 1.82) is 0 Å². The molecule has 0 aromatic heterocycles. The zero-order valence-corrected chi connectivity index (χ0v) is 27.0. The number of aliphatic hydroxyl groups excluding tert-OH is 1. The van der Waals surface area contributed by atoms with Crippen LogP contribution in [0.2, 0.25) is 0 Å². The zero-order chi connectivity index (χ0) is 31.1. The summed E-state index contributed by atoms with van der Waals surface area (Å²) in [7, 11) is 0. The van der Waals surface area contributed by atoms with Crippen molar-refractivity contribution in [3.8, 4) is 0 Å². The van der Waals surface area contributed by atoms with Crippen molar-refractivity contribution in [2.24, 2.45) is 29.6 Å². The Bertz CT molecular complexity index is 1070. The molecule has 7 atom stereocenters. The summed E-state index contributed by atoms with van der Waals surface area (Å²) < 4.78 is 5.36. The number of rotatable bonds is 16. The number of carbonyl (C=O) groups is 3. The normalized spacial score (nSPS) is 22.4. The van der Waals surface area contributed by atoms with Crippen LogP contribution >= 0.6 is 12.6 Å². The van der Waals surface area contributed by atoms with Gasteiger partial charge in [-0.15, -0.1) is 0 Å². The first kappa shape index (κ1) is 36.4. The number of carbonyl (C=O) groups excluding carboxylic acids is 3. The summed E-state index contributed by atoms with van der Waals surface area (Å²) in [5.41, 5.74) is 2.97. The Kier molecular flexibility index (Phi) is 16.6. The standard InChI is InChI=1S/C34H51NO5S/c1-22(18-24(3)12-14-30-26(5)13-15-32(37)40-30)10-9-11-23(2)19-27(6)33(38)29(8)34(39)28(7)20-25(4)21-31(36)35-16-17-41/h9,11-15,18-19,21-22,26-30,34,39,41H,10,16-17,20H2,1-8H3,(H,35,36)/b11-9+,14-12+,23-19+,24-18-,25-21+/t22?,26-,27+,28?,29+,30-,34?/m0/s1. The molecule has 3 unspecified atom stereocenters. The van der Waals surface area contributed by atoms with E-state index in [1.807, 2.05) is 71.9 Å². The first-order valence-electron chi connectivity index (χ1n) is 14.6. The van der Waals surface area contributed by atoms with E-state index >= 15 is 0 Å². The molecule has 0 bridgehead atoms. The lowest BCUT2D eigenvalue weighted by Crippen LogP contribution is -2.34. The van der Waals surface area contributed by atoms with E-state index in [0.717, 1.165) is 23.1 Å². The number of amides is 1. The molecule has 0 aromatic rings. The van der Waals surface area contributed by atoms with Gasteiger partial charge in [0.05, 0.1) is 6.10 Å².